The van der Waals surface area contributed by atoms with E-state index in [9.17, 15) is 22.8 Å². The minimum Gasteiger partial charge on any atom is -0.272 e. The summed E-state index contributed by atoms with van der Waals surface area (Å²) in [5, 5.41) is 0. The summed E-state index contributed by atoms with van der Waals surface area (Å²) in [7, 11) is 0. The van der Waals surface area contributed by atoms with Crippen LogP contribution in [0.1, 0.15) is 10.4 Å². The van der Waals surface area contributed by atoms with E-state index in [4.69, 9.17) is 0 Å². The lowest BCUT2D eigenvalue weighted by atomic mass is 10.2. The molecule has 120 valence electrons. The van der Waals surface area contributed by atoms with Crippen LogP contribution in [0, 0.1) is 17.5 Å². The van der Waals surface area contributed by atoms with Crippen molar-refractivity contribution in [2.75, 3.05) is 5.75 Å². The zero-order valence-corrected chi connectivity index (χ0v) is 12.4. The summed E-state index contributed by atoms with van der Waals surface area (Å²) in [6, 6.07) is 8.56. The highest BCUT2D eigenvalue weighted by Gasteiger charge is 2.12. The van der Waals surface area contributed by atoms with Crippen molar-refractivity contribution in [1.82, 2.24) is 10.9 Å². The third-order valence-electron chi connectivity index (χ3n) is 2.69. The number of thioether (sulfide) groups is 1. The van der Waals surface area contributed by atoms with Crippen molar-refractivity contribution in [2.24, 2.45) is 0 Å². The molecular formula is C15H11F3N2O2S. The van der Waals surface area contributed by atoms with Gasteiger partial charge in [-0.25, -0.2) is 13.2 Å². The van der Waals surface area contributed by atoms with Crippen molar-refractivity contribution in [3.05, 3.63) is 65.5 Å². The summed E-state index contributed by atoms with van der Waals surface area (Å²) in [5.41, 5.74) is 3.97. The summed E-state index contributed by atoms with van der Waals surface area (Å²) in [4.78, 5) is 23.6. The molecule has 2 amide bonds. The number of carbonyl (C=O) groups excluding carboxylic acids is 2. The smallest absolute Gasteiger partial charge is 0.272 e. The highest BCUT2D eigenvalue weighted by Crippen LogP contribution is 2.19. The number of benzene rings is 2. The Kier molecular flexibility index (Phi) is 5.64. The zero-order chi connectivity index (χ0) is 16.8. The van der Waals surface area contributed by atoms with Gasteiger partial charge in [0.25, 0.3) is 5.91 Å². The second kappa shape index (κ2) is 7.68. The van der Waals surface area contributed by atoms with Crippen LogP contribution in [0.3, 0.4) is 0 Å². The molecule has 0 aliphatic heterocycles. The second-order valence-corrected chi connectivity index (χ2v) is 5.40. The summed E-state index contributed by atoms with van der Waals surface area (Å²) >= 11 is 0.958. The van der Waals surface area contributed by atoms with Gasteiger partial charge in [0.15, 0.2) is 11.6 Å². The fourth-order valence-corrected chi connectivity index (χ4v) is 2.31. The molecule has 0 heterocycles. The number of carbonyl (C=O) groups is 2. The maximum atomic E-state index is 13.4. The van der Waals surface area contributed by atoms with Gasteiger partial charge in [-0.1, -0.05) is 12.1 Å². The molecule has 0 aliphatic rings. The van der Waals surface area contributed by atoms with Gasteiger partial charge in [0.2, 0.25) is 5.91 Å². The van der Waals surface area contributed by atoms with E-state index >= 15 is 0 Å². The van der Waals surface area contributed by atoms with Crippen molar-refractivity contribution in [2.45, 2.75) is 4.90 Å². The molecule has 0 aliphatic carbocycles. The van der Waals surface area contributed by atoms with Crippen LogP contribution < -0.4 is 10.9 Å². The van der Waals surface area contributed by atoms with E-state index in [0.717, 1.165) is 30.0 Å². The number of amides is 2. The molecule has 0 spiro atoms. The molecule has 0 bridgehead atoms. The molecule has 0 atom stereocenters. The summed E-state index contributed by atoms with van der Waals surface area (Å²) in [5.74, 6) is -4.21. The third-order valence-corrected chi connectivity index (χ3v) is 3.69. The molecule has 2 rings (SSSR count). The van der Waals surface area contributed by atoms with Gasteiger partial charge in [-0.2, -0.15) is 0 Å². The van der Waals surface area contributed by atoms with Gasteiger partial charge in [0, 0.05) is 4.90 Å². The molecule has 2 aromatic carbocycles. The van der Waals surface area contributed by atoms with Gasteiger partial charge < -0.3 is 0 Å². The zero-order valence-electron chi connectivity index (χ0n) is 11.6. The molecule has 0 aromatic heterocycles. The first kappa shape index (κ1) is 16.9. The maximum absolute atomic E-state index is 13.4. The monoisotopic (exact) mass is 340 g/mol. The molecule has 23 heavy (non-hydrogen) atoms. The van der Waals surface area contributed by atoms with E-state index in [0.29, 0.717) is 4.90 Å². The van der Waals surface area contributed by atoms with Crippen LogP contribution in [0.15, 0.2) is 47.4 Å². The van der Waals surface area contributed by atoms with E-state index in [1.165, 1.54) is 24.3 Å². The largest absolute Gasteiger partial charge is 0.272 e. The predicted octanol–water partition coefficient (Wildman–Crippen LogP) is 2.66. The first-order chi connectivity index (χ1) is 11.0. The Hall–Kier alpha value is -2.48. The van der Waals surface area contributed by atoms with Gasteiger partial charge in [-0.3, -0.25) is 20.4 Å². The summed E-state index contributed by atoms with van der Waals surface area (Å²) in [6.07, 6.45) is 0. The van der Waals surface area contributed by atoms with E-state index in [-0.39, 0.29) is 11.3 Å². The SMILES string of the molecule is O=C(CSc1ccc(F)c(F)c1)NNC(=O)c1ccccc1F. The van der Waals surface area contributed by atoms with Crippen LogP contribution in [0.5, 0.6) is 0 Å². The number of nitrogens with one attached hydrogen (secondary N) is 2. The third kappa shape index (κ3) is 4.75. The van der Waals surface area contributed by atoms with Gasteiger partial charge >= 0.3 is 0 Å². The minimum atomic E-state index is -1.01. The Bertz CT molecular complexity index is 740. The van der Waals surface area contributed by atoms with E-state index < -0.39 is 29.3 Å². The molecular weight excluding hydrogens is 329 g/mol. The molecule has 2 N–H and O–H groups in total. The van der Waals surface area contributed by atoms with Crippen LogP contribution in [0.25, 0.3) is 0 Å². The van der Waals surface area contributed by atoms with Crippen molar-refractivity contribution in [1.29, 1.82) is 0 Å². The fraction of sp³-hybridized carbons (Fsp3) is 0.0667. The summed E-state index contributed by atoms with van der Waals surface area (Å²) in [6.45, 7) is 0. The fourth-order valence-electron chi connectivity index (χ4n) is 1.59. The standard InChI is InChI=1S/C15H11F3N2O2S/c16-11-4-2-1-3-10(11)15(22)20-19-14(21)8-23-9-5-6-12(17)13(18)7-9/h1-7H,8H2,(H,19,21)(H,20,22). The number of rotatable bonds is 4. The van der Waals surface area contributed by atoms with E-state index in [2.05, 4.69) is 10.9 Å². The Morgan fingerprint density at radius 2 is 1.65 bits per heavy atom. The molecule has 0 saturated heterocycles. The lowest BCUT2D eigenvalue weighted by Crippen LogP contribution is -2.42. The molecule has 4 nitrogen and oxygen atoms in total. The first-order valence-corrected chi connectivity index (χ1v) is 7.37. The van der Waals surface area contributed by atoms with E-state index in [1.54, 1.807) is 0 Å². The Morgan fingerprint density at radius 1 is 0.913 bits per heavy atom. The van der Waals surface area contributed by atoms with Crippen molar-refractivity contribution >= 4 is 23.6 Å². The molecule has 8 heteroatoms. The lowest BCUT2D eigenvalue weighted by molar-refractivity contribution is -0.119. The highest BCUT2D eigenvalue weighted by atomic mass is 32.2. The molecule has 0 fully saturated rings. The van der Waals surface area contributed by atoms with Crippen molar-refractivity contribution in [3.63, 3.8) is 0 Å². The highest BCUT2D eigenvalue weighted by molar-refractivity contribution is 8.00. The molecule has 0 saturated carbocycles. The maximum Gasteiger partial charge on any atom is 0.272 e. The van der Waals surface area contributed by atoms with Crippen LogP contribution in [0.2, 0.25) is 0 Å². The first-order valence-electron chi connectivity index (χ1n) is 6.39. The number of hydrogen-bond donors (Lipinski definition) is 2. The van der Waals surface area contributed by atoms with Gasteiger partial charge in [0.05, 0.1) is 11.3 Å². The van der Waals surface area contributed by atoms with Crippen LogP contribution >= 0.6 is 11.8 Å². The van der Waals surface area contributed by atoms with Crippen LogP contribution in [-0.2, 0) is 4.79 Å². The minimum absolute atomic E-state index is 0.136. The van der Waals surface area contributed by atoms with Crippen LogP contribution in [0.4, 0.5) is 13.2 Å². The second-order valence-electron chi connectivity index (χ2n) is 4.35. The van der Waals surface area contributed by atoms with Gasteiger partial charge in [-0.05, 0) is 30.3 Å². The molecule has 0 radical (unpaired) electrons. The van der Waals surface area contributed by atoms with Crippen LogP contribution in [-0.4, -0.2) is 17.6 Å². The molecule has 2 aromatic rings. The molecule has 0 unspecified atom stereocenters. The number of halogens is 3. The number of hydrazine groups is 1. The van der Waals surface area contributed by atoms with Crippen molar-refractivity contribution < 1.29 is 22.8 Å². The van der Waals surface area contributed by atoms with Gasteiger partial charge in [0.1, 0.15) is 5.82 Å². The van der Waals surface area contributed by atoms with Crippen molar-refractivity contribution in [3.8, 4) is 0 Å². The average molecular weight is 340 g/mol. The Morgan fingerprint density at radius 3 is 2.35 bits per heavy atom. The topological polar surface area (TPSA) is 58.2 Å². The quantitative estimate of drug-likeness (QED) is 0.665. The Labute approximate surface area is 134 Å². The lowest BCUT2D eigenvalue weighted by Gasteiger charge is -2.08. The van der Waals surface area contributed by atoms with Gasteiger partial charge in [-0.15, -0.1) is 11.8 Å². The predicted molar refractivity (Wildman–Crippen MR) is 79.1 cm³/mol. The Balaban J connectivity index is 1.82. The summed E-state index contributed by atoms with van der Waals surface area (Å²) < 4.78 is 39.1. The normalized spacial score (nSPS) is 10.2. The average Bonchev–Trinajstić information content (AvgIpc) is 2.54. The van der Waals surface area contributed by atoms with E-state index in [1.807, 2.05) is 0 Å². The number of hydrogen-bond acceptors (Lipinski definition) is 3.